The summed E-state index contributed by atoms with van der Waals surface area (Å²) >= 11 is 7.34. The molecule has 0 atom stereocenters. The van der Waals surface area contributed by atoms with Crippen LogP contribution in [0.15, 0.2) is 23.6 Å². The molecule has 1 aromatic heterocycles. The van der Waals surface area contributed by atoms with Crippen molar-refractivity contribution in [2.24, 2.45) is 0 Å². The summed E-state index contributed by atoms with van der Waals surface area (Å²) in [5, 5.41) is 11.6. The summed E-state index contributed by atoms with van der Waals surface area (Å²) in [4.78, 5) is 30.1. The summed E-state index contributed by atoms with van der Waals surface area (Å²) < 4.78 is 0. The van der Waals surface area contributed by atoms with E-state index in [2.05, 4.69) is 20.9 Å². The van der Waals surface area contributed by atoms with Gasteiger partial charge in [-0.1, -0.05) is 17.7 Å². The van der Waals surface area contributed by atoms with Crippen LogP contribution in [-0.4, -0.2) is 55.4 Å². The summed E-state index contributed by atoms with van der Waals surface area (Å²) in [5.74, 6) is -0.391. The Morgan fingerprint density at radius 3 is 2.74 bits per heavy atom. The first-order valence-corrected chi connectivity index (χ1v) is 9.79. The number of thiazole rings is 1. The Bertz CT molecular complexity index is 794. The van der Waals surface area contributed by atoms with Crippen molar-refractivity contribution in [1.29, 1.82) is 0 Å². The number of carbonyl (C=O) groups excluding carboxylic acids is 2. The maximum Gasteiger partial charge on any atom is 0.270 e. The number of nitrogens with zero attached hydrogens (tertiary/aromatic N) is 2. The average Bonchev–Trinajstić information content (AvgIpc) is 3.06. The van der Waals surface area contributed by atoms with Gasteiger partial charge in [0, 0.05) is 42.1 Å². The zero-order valence-electron chi connectivity index (χ0n) is 15.6. The molecular formula is C18H24ClN5O2S. The van der Waals surface area contributed by atoms with Gasteiger partial charge in [0.15, 0.2) is 5.13 Å². The number of hydrogen-bond acceptors (Lipinski definition) is 6. The van der Waals surface area contributed by atoms with Gasteiger partial charge < -0.3 is 20.9 Å². The Labute approximate surface area is 168 Å². The molecule has 9 heteroatoms. The van der Waals surface area contributed by atoms with Crippen LogP contribution >= 0.6 is 22.9 Å². The summed E-state index contributed by atoms with van der Waals surface area (Å²) in [7, 11) is 3.88. The standard InChI is InChI=1S/C18H24ClN5O2S/c1-12-4-5-13(19)10-14(12)22-18-23-15(11-27-18)17(26)21-7-6-16(25)20-8-9-24(2)3/h4-5,10-11H,6-9H2,1-3H3,(H,20,25)(H,21,26)(H,22,23). The van der Waals surface area contributed by atoms with Gasteiger partial charge in [0.25, 0.3) is 5.91 Å². The van der Waals surface area contributed by atoms with Crippen molar-refractivity contribution in [3.63, 3.8) is 0 Å². The number of rotatable bonds is 9. The largest absolute Gasteiger partial charge is 0.355 e. The van der Waals surface area contributed by atoms with Crippen molar-refractivity contribution >= 4 is 45.6 Å². The molecule has 1 aromatic carbocycles. The van der Waals surface area contributed by atoms with Crippen LogP contribution in [0.25, 0.3) is 0 Å². The monoisotopic (exact) mass is 409 g/mol. The molecule has 0 aliphatic heterocycles. The number of likely N-dealkylation sites (N-methyl/N-ethyl adjacent to an activating group) is 1. The number of aromatic nitrogens is 1. The molecule has 2 aromatic rings. The predicted molar refractivity (Wildman–Crippen MR) is 110 cm³/mol. The van der Waals surface area contributed by atoms with Crippen LogP contribution in [0.5, 0.6) is 0 Å². The molecule has 0 radical (unpaired) electrons. The highest BCUT2D eigenvalue weighted by Gasteiger charge is 2.12. The number of benzene rings is 1. The second-order valence-corrected chi connectivity index (χ2v) is 7.58. The molecule has 0 unspecified atom stereocenters. The van der Waals surface area contributed by atoms with Gasteiger partial charge in [-0.2, -0.15) is 0 Å². The van der Waals surface area contributed by atoms with E-state index in [-0.39, 0.29) is 24.8 Å². The van der Waals surface area contributed by atoms with Gasteiger partial charge in [0.05, 0.1) is 0 Å². The van der Waals surface area contributed by atoms with Crippen molar-refractivity contribution in [3.8, 4) is 0 Å². The van der Waals surface area contributed by atoms with E-state index in [4.69, 9.17) is 11.6 Å². The molecule has 0 fully saturated rings. The van der Waals surface area contributed by atoms with Gasteiger partial charge in [0.1, 0.15) is 5.69 Å². The van der Waals surface area contributed by atoms with Crippen LogP contribution < -0.4 is 16.0 Å². The lowest BCUT2D eigenvalue weighted by atomic mass is 10.2. The third-order valence-corrected chi connectivity index (χ3v) is 4.69. The van der Waals surface area contributed by atoms with Gasteiger partial charge in [-0.05, 0) is 38.7 Å². The zero-order chi connectivity index (χ0) is 19.8. The lowest BCUT2D eigenvalue weighted by Crippen LogP contribution is -2.34. The number of halogens is 1. The molecule has 27 heavy (non-hydrogen) atoms. The molecule has 0 saturated carbocycles. The third-order valence-electron chi connectivity index (χ3n) is 3.70. The first-order valence-electron chi connectivity index (χ1n) is 8.53. The van der Waals surface area contributed by atoms with Gasteiger partial charge in [-0.25, -0.2) is 4.98 Å². The van der Waals surface area contributed by atoms with Crippen LogP contribution in [0.4, 0.5) is 10.8 Å². The average molecular weight is 410 g/mol. The van der Waals surface area contributed by atoms with Gasteiger partial charge >= 0.3 is 0 Å². The number of hydrogen-bond donors (Lipinski definition) is 3. The van der Waals surface area contributed by atoms with Crippen LogP contribution in [0.2, 0.25) is 5.02 Å². The minimum absolute atomic E-state index is 0.0887. The molecule has 7 nitrogen and oxygen atoms in total. The molecule has 2 amide bonds. The highest BCUT2D eigenvalue weighted by Crippen LogP contribution is 2.26. The van der Waals surface area contributed by atoms with E-state index >= 15 is 0 Å². The first kappa shape index (κ1) is 21.1. The molecule has 3 N–H and O–H groups in total. The number of anilines is 2. The number of carbonyl (C=O) groups is 2. The quantitative estimate of drug-likeness (QED) is 0.592. The van der Waals surface area contributed by atoms with E-state index in [9.17, 15) is 9.59 Å². The minimum atomic E-state index is -0.303. The highest BCUT2D eigenvalue weighted by molar-refractivity contribution is 7.14. The summed E-state index contributed by atoms with van der Waals surface area (Å²) in [6.07, 6.45) is 0.232. The molecule has 0 spiro atoms. The van der Waals surface area contributed by atoms with Crippen molar-refractivity contribution in [2.75, 3.05) is 39.0 Å². The Kier molecular flexibility index (Phi) is 8.02. The fourth-order valence-electron chi connectivity index (χ4n) is 2.17. The fraction of sp³-hybridized carbons (Fsp3) is 0.389. The van der Waals surface area contributed by atoms with Crippen LogP contribution in [0, 0.1) is 6.92 Å². The van der Waals surface area contributed by atoms with Gasteiger partial charge in [0.2, 0.25) is 5.91 Å². The van der Waals surface area contributed by atoms with Crippen LogP contribution in [-0.2, 0) is 4.79 Å². The van der Waals surface area contributed by atoms with Gasteiger partial charge in [-0.3, -0.25) is 9.59 Å². The molecule has 0 saturated heterocycles. The summed E-state index contributed by atoms with van der Waals surface area (Å²) in [6.45, 7) is 3.59. The maximum atomic E-state index is 12.2. The molecule has 0 bridgehead atoms. The molecule has 1 heterocycles. The van der Waals surface area contributed by atoms with E-state index in [0.717, 1.165) is 17.8 Å². The number of nitrogens with one attached hydrogen (secondary N) is 3. The third kappa shape index (κ3) is 7.16. The Hall–Kier alpha value is -2.16. The fourth-order valence-corrected chi connectivity index (χ4v) is 3.04. The molecule has 0 aliphatic rings. The van der Waals surface area contributed by atoms with Crippen LogP contribution in [0.3, 0.4) is 0 Å². The van der Waals surface area contributed by atoms with Crippen molar-refractivity contribution in [1.82, 2.24) is 20.5 Å². The lowest BCUT2D eigenvalue weighted by molar-refractivity contribution is -0.120. The van der Waals surface area contributed by atoms with Crippen molar-refractivity contribution < 1.29 is 9.59 Å². The zero-order valence-corrected chi connectivity index (χ0v) is 17.2. The SMILES string of the molecule is Cc1ccc(Cl)cc1Nc1nc(C(=O)NCCC(=O)NCCN(C)C)cs1. The number of amides is 2. The van der Waals surface area contributed by atoms with E-state index in [1.54, 1.807) is 5.38 Å². The Morgan fingerprint density at radius 2 is 2.00 bits per heavy atom. The second-order valence-electron chi connectivity index (χ2n) is 6.28. The van der Waals surface area contributed by atoms with Crippen LogP contribution in [0.1, 0.15) is 22.5 Å². The van der Waals surface area contributed by atoms with E-state index in [0.29, 0.717) is 22.4 Å². The van der Waals surface area contributed by atoms with E-state index in [1.165, 1.54) is 11.3 Å². The van der Waals surface area contributed by atoms with E-state index in [1.807, 2.05) is 44.1 Å². The summed E-state index contributed by atoms with van der Waals surface area (Å²) in [5.41, 5.74) is 2.19. The predicted octanol–water partition coefficient (Wildman–Crippen LogP) is 2.65. The first-order chi connectivity index (χ1) is 12.8. The lowest BCUT2D eigenvalue weighted by Gasteiger charge is -2.10. The Morgan fingerprint density at radius 1 is 1.22 bits per heavy atom. The normalized spacial score (nSPS) is 10.7. The molecule has 146 valence electrons. The highest BCUT2D eigenvalue weighted by atomic mass is 35.5. The molecular weight excluding hydrogens is 386 g/mol. The minimum Gasteiger partial charge on any atom is -0.355 e. The van der Waals surface area contributed by atoms with E-state index < -0.39 is 0 Å². The second kappa shape index (κ2) is 10.2. The maximum absolute atomic E-state index is 12.2. The van der Waals surface area contributed by atoms with Crippen molar-refractivity contribution in [2.45, 2.75) is 13.3 Å². The van der Waals surface area contributed by atoms with Gasteiger partial charge in [-0.15, -0.1) is 11.3 Å². The number of aryl methyl sites for hydroxylation is 1. The Balaban J connectivity index is 1.79. The topological polar surface area (TPSA) is 86.4 Å². The smallest absolute Gasteiger partial charge is 0.270 e. The summed E-state index contributed by atoms with van der Waals surface area (Å²) in [6, 6.07) is 5.54. The van der Waals surface area contributed by atoms with Crippen molar-refractivity contribution in [3.05, 3.63) is 39.9 Å². The molecule has 2 rings (SSSR count). The molecule has 0 aliphatic carbocycles.